The fourth-order valence-corrected chi connectivity index (χ4v) is 1.85. The largest absolute Gasteiger partial charge is 0.373 e. The van der Waals surface area contributed by atoms with Crippen LogP contribution >= 0.6 is 0 Å². The minimum absolute atomic E-state index is 0.0749. The zero-order valence-electron chi connectivity index (χ0n) is 11.1. The van der Waals surface area contributed by atoms with Crippen LogP contribution in [0.25, 0.3) is 0 Å². The van der Waals surface area contributed by atoms with Gasteiger partial charge in [0.25, 0.3) is 0 Å². The molecule has 5 heteroatoms. The van der Waals surface area contributed by atoms with Gasteiger partial charge in [0.05, 0.1) is 0 Å². The summed E-state index contributed by atoms with van der Waals surface area (Å²) in [6.07, 6.45) is 2.33. The minimum atomic E-state index is -0.0891. The SMILES string of the molecule is CCC(OC)c1noc(CC(N)CC(C)C)n1. The van der Waals surface area contributed by atoms with Crippen molar-refractivity contribution in [2.24, 2.45) is 11.7 Å². The summed E-state index contributed by atoms with van der Waals surface area (Å²) < 4.78 is 10.4. The molecule has 0 aromatic carbocycles. The van der Waals surface area contributed by atoms with Crippen LogP contribution in [0.1, 0.15) is 51.4 Å². The summed E-state index contributed by atoms with van der Waals surface area (Å²) in [5, 5.41) is 3.92. The first-order chi connectivity index (χ1) is 8.06. The third-order valence-corrected chi connectivity index (χ3v) is 2.64. The molecule has 98 valence electrons. The van der Waals surface area contributed by atoms with Gasteiger partial charge in [-0.15, -0.1) is 0 Å². The summed E-state index contributed by atoms with van der Waals surface area (Å²) >= 11 is 0. The van der Waals surface area contributed by atoms with E-state index in [4.69, 9.17) is 15.0 Å². The average molecular weight is 241 g/mol. The fourth-order valence-electron chi connectivity index (χ4n) is 1.85. The monoisotopic (exact) mass is 241 g/mol. The molecule has 0 saturated heterocycles. The molecule has 0 amide bonds. The van der Waals surface area contributed by atoms with Crippen LogP contribution in [0.15, 0.2) is 4.52 Å². The lowest BCUT2D eigenvalue weighted by Gasteiger charge is -2.11. The van der Waals surface area contributed by atoms with Gasteiger partial charge in [0.15, 0.2) is 0 Å². The van der Waals surface area contributed by atoms with Crippen molar-refractivity contribution in [3.63, 3.8) is 0 Å². The van der Waals surface area contributed by atoms with E-state index in [2.05, 4.69) is 24.0 Å². The van der Waals surface area contributed by atoms with Gasteiger partial charge in [-0.3, -0.25) is 0 Å². The van der Waals surface area contributed by atoms with E-state index < -0.39 is 0 Å². The second-order valence-electron chi connectivity index (χ2n) is 4.77. The van der Waals surface area contributed by atoms with Gasteiger partial charge in [-0.2, -0.15) is 4.98 Å². The number of hydrogen-bond acceptors (Lipinski definition) is 5. The number of nitrogens with two attached hydrogens (primary N) is 1. The van der Waals surface area contributed by atoms with E-state index in [0.29, 0.717) is 24.1 Å². The van der Waals surface area contributed by atoms with Crippen LogP contribution in [0.3, 0.4) is 0 Å². The van der Waals surface area contributed by atoms with E-state index in [-0.39, 0.29) is 12.1 Å². The molecule has 0 aliphatic heterocycles. The average Bonchev–Trinajstić information content (AvgIpc) is 2.67. The van der Waals surface area contributed by atoms with E-state index in [1.807, 2.05) is 6.92 Å². The van der Waals surface area contributed by atoms with Crippen molar-refractivity contribution in [2.75, 3.05) is 7.11 Å². The van der Waals surface area contributed by atoms with Gasteiger partial charge in [-0.05, 0) is 18.8 Å². The topological polar surface area (TPSA) is 74.2 Å². The first-order valence-electron chi connectivity index (χ1n) is 6.17. The third kappa shape index (κ3) is 4.44. The summed E-state index contributed by atoms with van der Waals surface area (Å²) in [6, 6.07) is 0.0749. The van der Waals surface area contributed by atoms with E-state index in [9.17, 15) is 0 Å². The molecule has 2 unspecified atom stereocenters. The minimum Gasteiger partial charge on any atom is -0.373 e. The Morgan fingerprint density at radius 2 is 2.12 bits per heavy atom. The van der Waals surface area contributed by atoms with Crippen LogP contribution in [-0.4, -0.2) is 23.3 Å². The maximum atomic E-state index is 6.00. The Labute approximate surface area is 103 Å². The van der Waals surface area contributed by atoms with E-state index in [1.54, 1.807) is 7.11 Å². The standard InChI is InChI=1S/C12H23N3O2/c1-5-10(16-4)12-14-11(17-15-12)7-9(13)6-8(2)3/h8-10H,5-7,13H2,1-4H3. The van der Waals surface area contributed by atoms with Gasteiger partial charge in [0.1, 0.15) is 6.10 Å². The van der Waals surface area contributed by atoms with Gasteiger partial charge in [-0.25, -0.2) is 0 Å². The molecule has 0 aliphatic carbocycles. The molecule has 1 rings (SSSR count). The van der Waals surface area contributed by atoms with E-state index in [1.165, 1.54) is 0 Å². The van der Waals surface area contributed by atoms with Gasteiger partial charge in [0.2, 0.25) is 11.7 Å². The van der Waals surface area contributed by atoms with Crippen molar-refractivity contribution in [1.82, 2.24) is 10.1 Å². The molecule has 2 atom stereocenters. The lowest BCUT2D eigenvalue weighted by atomic mass is 10.0. The molecule has 1 heterocycles. The maximum Gasteiger partial charge on any atom is 0.228 e. The van der Waals surface area contributed by atoms with Crippen molar-refractivity contribution in [1.29, 1.82) is 0 Å². The molecular formula is C12H23N3O2. The molecular weight excluding hydrogens is 218 g/mol. The smallest absolute Gasteiger partial charge is 0.228 e. The Kier molecular flexibility index (Phi) is 5.58. The molecule has 5 nitrogen and oxygen atoms in total. The van der Waals surface area contributed by atoms with Crippen LogP contribution in [0, 0.1) is 5.92 Å². The Morgan fingerprint density at radius 3 is 2.65 bits per heavy atom. The second-order valence-corrected chi connectivity index (χ2v) is 4.77. The molecule has 1 aromatic rings. The van der Waals surface area contributed by atoms with Crippen molar-refractivity contribution in [2.45, 2.75) is 52.2 Å². The van der Waals surface area contributed by atoms with Crippen LogP contribution < -0.4 is 5.73 Å². The second kappa shape index (κ2) is 6.71. The normalized spacial score (nSPS) is 15.2. The third-order valence-electron chi connectivity index (χ3n) is 2.64. The highest BCUT2D eigenvalue weighted by Gasteiger charge is 2.17. The first kappa shape index (κ1) is 14.1. The summed E-state index contributed by atoms with van der Waals surface area (Å²) in [5.74, 6) is 1.79. The predicted octanol–water partition coefficient (Wildman–Crippen LogP) is 2.08. The first-order valence-corrected chi connectivity index (χ1v) is 6.17. The van der Waals surface area contributed by atoms with Crippen molar-refractivity contribution >= 4 is 0 Å². The van der Waals surface area contributed by atoms with Crippen molar-refractivity contribution < 1.29 is 9.26 Å². The zero-order chi connectivity index (χ0) is 12.8. The number of methoxy groups -OCH3 is 1. The van der Waals surface area contributed by atoms with Crippen LogP contribution in [0.5, 0.6) is 0 Å². The molecule has 0 bridgehead atoms. The number of ether oxygens (including phenoxy) is 1. The number of nitrogens with zero attached hydrogens (tertiary/aromatic N) is 2. The molecule has 0 fully saturated rings. The van der Waals surface area contributed by atoms with Gasteiger partial charge >= 0.3 is 0 Å². The fraction of sp³-hybridized carbons (Fsp3) is 0.833. The molecule has 0 aliphatic rings. The number of aromatic nitrogens is 2. The van der Waals surface area contributed by atoms with E-state index >= 15 is 0 Å². The van der Waals surface area contributed by atoms with Gasteiger partial charge < -0.3 is 15.0 Å². The molecule has 17 heavy (non-hydrogen) atoms. The summed E-state index contributed by atoms with van der Waals surface area (Å²) in [6.45, 7) is 6.32. The molecule has 2 N–H and O–H groups in total. The highest BCUT2D eigenvalue weighted by atomic mass is 16.5. The number of rotatable bonds is 7. The Hall–Kier alpha value is -0.940. The highest BCUT2D eigenvalue weighted by molar-refractivity contribution is 4.92. The molecule has 1 aromatic heterocycles. The van der Waals surface area contributed by atoms with Crippen molar-refractivity contribution in [3.05, 3.63) is 11.7 Å². The molecule has 0 radical (unpaired) electrons. The van der Waals surface area contributed by atoms with Gasteiger partial charge in [0, 0.05) is 19.6 Å². The van der Waals surface area contributed by atoms with E-state index in [0.717, 1.165) is 12.8 Å². The zero-order valence-corrected chi connectivity index (χ0v) is 11.1. The van der Waals surface area contributed by atoms with Crippen LogP contribution in [0.4, 0.5) is 0 Å². The van der Waals surface area contributed by atoms with Crippen molar-refractivity contribution in [3.8, 4) is 0 Å². The molecule has 0 saturated carbocycles. The molecule has 0 spiro atoms. The maximum absolute atomic E-state index is 6.00. The Balaban J connectivity index is 2.56. The highest BCUT2D eigenvalue weighted by Crippen LogP contribution is 2.17. The summed E-state index contributed by atoms with van der Waals surface area (Å²) in [4.78, 5) is 4.32. The van der Waals surface area contributed by atoms with Crippen LogP contribution in [-0.2, 0) is 11.2 Å². The van der Waals surface area contributed by atoms with Gasteiger partial charge in [-0.1, -0.05) is 25.9 Å². The summed E-state index contributed by atoms with van der Waals surface area (Å²) in [5.41, 5.74) is 6.00. The van der Waals surface area contributed by atoms with Crippen LogP contribution in [0.2, 0.25) is 0 Å². The predicted molar refractivity (Wildman–Crippen MR) is 65.5 cm³/mol. The summed E-state index contributed by atoms with van der Waals surface area (Å²) in [7, 11) is 1.65. The Bertz CT molecular complexity index is 321. The Morgan fingerprint density at radius 1 is 1.41 bits per heavy atom. The number of hydrogen-bond donors (Lipinski definition) is 1. The lowest BCUT2D eigenvalue weighted by molar-refractivity contribution is 0.0903. The quantitative estimate of drug-likeness (QED) is 0.791. The lowest BCUT2D eigenvalue weighted by Crippen LogP contribution is -2.24.